The summed E-state index contributed by atoms with van der Waals surface area (Å²) < 4.78 is 19.1. The van der Waals surface area contributed by atoms with Crippen LogP contribution in [0.3, 0.4) is 0 Å². The molecule has 0 amide bonds. The quantitative estimate of drug-likeness (QED) is 0.597. The highest BCUT2D eigenvalue weighted by Gasteiger charge is 2.53. The van der Waals surface area contributed by atoms with Crippen molar-refractivity contribution in [3.8, 4) is 11.1 Å². The lowest BCUT2D eigenvalue weighted by molar-refractivity contribution is -0.144. The second-order valence-corrected chi connectivity index (χ2v) is 9.19. The number of halogens is 1. The molecule has 1 aromatic heterocycles. The maximum Gasteiger partial charge on any atom is 0.309 e. The molecule has 1 saturated heterocycles. The van der Waals surface area contributed by atoms with E-state index in [-0.39, 0.29) is 29.7 Å². The highest BCUT2D eigenvalue weighted by Crippen LogP contribution is 2.53. The first-order valence-electron chi connectivity index (χ1n) is 11.2. The van der Waals surface area contributed by atoms with Crippen LogP contribution in [0.25, 0.3) is 17.2 Å². The minimum Gasteiger partial charge on any atom is -0.462 e. The summed E-state index contributed by atoms with van der Waals surface area (Å²) in [7, 11) is 0. The lowest BCUT2D eigenvalue weighted by atomic mass is 9.57. The molecule has 30 heavy (non-hydrogen) atoms. The maximum absolute atomic E-state index is 13.5. The van der Waals surface area contributed by atoms with Gasteiger partial charge < -0.3 is 4.74 Å². The second-order valence-electron chi connectivity index (χ2n) is 9.19. The van der Waals surface area contributed by atoms with Crippen LogP contribution in [0.4, 0.5) is 4.39 Å². The van der Waals surface area contributed by atoms with Crippen molar-refractivity contribution in [2.75, 3.05) is 0 Å². The van der Waals surface area contributed by atoms with Crippen molar-refractivity contribution in [3.63, 3.8) is 0 Å². The van der Waals surface area contributed by atoms with Crippen LogP contribution < -0.4 is 0 Å². The van der Waals surface area contributed by atoms with E-state index in [1.165, 1.54) is 37.8 Å². The van der Waals surface area contributed by atoms with Crippen LogP contribution in [-0.4, -0.2) is 17.1 Å². The van der Waals surface area contributed by atoms with Gasteiger partial charge in [0.05, 0.1) is 11.6 Å². The number of ether oxygens (including phenoxy) is 1. The van der Waals surface area contributed by atoms with Crippen LogP contribution in [0, 0.1) is 35.4 Å². The average molecular weight is 406 g/mol. The monoisotopic (exact) mass is 405 g/mol. The van der Waals surface area contributed by atoms with E-state index in [2.05, 4.69) is 24.1 Å². The van der Waals surface area contributed by atoms with Crippen molar-refractivity contribution in [2.45, 2.75) is 45.1 Å². The number of nitrogens with zero attached hydrogens (tertiary/aromatic N) is 1. The van der Waals surface area contributed by atoms with E-state index in [9.17, 15) is 9.18 Å². The molecule has 156 valence electrons. The van der Waals surface area contributed by atoms with Gasteiger partial charge in [0.2, 0.25) is 0 Å². The molecule has 3 aliphatic rings. The molecule has 0 radical (unpaired) electrons. The fraction of sp³-hybridized carbons (Fsp3) is 0.462. The number of hydrogen-bond acceptors (Lipinski definition) is 3. The first-order valence-corrected chi connectivity index (χ1v) is 11.2. The Morgan fingerprint density at radius 3 is 2.80 bits per heavy atom. The Morgan fingerprint density at radius 2 is 2.00 bits per heavy atom. The Hall–Kier alpha value is -2.49. The van der Waals surface area contributed by atoms with E-state index in [4.69, 9.17) is 4.74 Å². The number of carbonyl (C=O) groups excluding carboxylic acids is 1. The number of pyridine rings is 1. The maximum atomic E-state index is 13.5. The molecule has 3 nitrogen and oxygen atoms in total. The van der Waals surface area contributed by atoms with Gasteiger partial charge in [-0.15, -0.1) is 0 Å². The van der Waals surface area contributed by atoms with Gasteiger partial charge in [0, 0.05) is 17.7 Å². The normalized spacial score (nSPS) is 33.2. The number of aromatic nitrogens is 1. The molecule has 0 bridgehead atoms. The van der Waals surface area contributed by atoms with Gasteiger partial charge in [-0.1, -0.05) is 43.5 Å². The Kier molecular flexibility index (Phi) is 5.18. The molecule has 3 fully saturated rings. The van der Waals surface area contributed by atoms with E-state index in [1.54, 1.807) is 12.3 Å². The smallest absolute Gasteiger partial charge is 0.309 e. The molecule has 0 spiro atoms. The van der Waals surface area contributed by atoms with E-state index in [0.717, 1.165) is 23.2 Å². The predicted molar refractivity (Wildman–Crippen MR) is 115 cm³/mol. The highest BCUT2D eigenvalue weighted by atomic mass is 19.1. The molecule has 2 aliphatic carbocycles. The number of benzene rings is 1. The van der Waals surface area contributed by atoms with E-state index >= 15 is 0 Å². The van der Waals surface area contributed by atoms with Crippen molar-refractivity contribution in [1.82, 2.24) is 4.98 Å². The minimum absolute atomic E-state index is 0.00694. The third-order valence-corrected chi connectivity index (χ3v) is 7.51. The second kappa shape index (κ2) is 7.98. The van der Waals surface area contributed by atoms with E-state index in [1.807, 2.05) is 18.2 Å². The third kappa shape index (κ3) is 3.57. The summed E-state index contributed by atoms with van der Waals surface area (Å²) in [6.45, 7) is 2.05. The number of allylic oxidation sites excluding steroid dienone is 1. The summed E-state index contributed by atoms with van der Waals surface area (Å²) >= 11 is 0. The molecule has 2 aromatic rings. The lowest BCUT2D eigenvalue weighted by Gasteiger charge is -2.45. The van der Waals surface area contributed by atoms with Crippen LogP contribution in [-0.2, 0) is 9.53 Å². The van der Waals surface area contributed by atoms with Crippen molar-refractivity contribution < 1.29 is 13.9 Å². The summed E-state index contributed by atoms with van der Waals surface area (Å²) in [5, 5.41) is 0. The van der Waals surface area contributed by atoms with Gasteiger partial charge in [-0.05, 0) is 67.4 Å². The fourth-order valence-corrected chi connectivity index (χ4v) is 6.14. The Bertz CT molecular complexity index is 954. The first-order chi connectivity index (χ1) is 14.6. The largest absolute Gasteiger partial charge is 0.462 e. The zero-order chi connectivity index (χ0) is 20.7. The average Bonchev–Trinajstić information content (AvgIpc) is 3.05. The van der Waals surface area contributed by atoms with Gasteiger partial charge in [0.1, 0.15) is 11.9 Å². The van der Waals surface area contributed by atoms with Crippen LogP contribution in [0.2, 0.25) is 0 Å². The van der Waals surface area contributed by atoms with Gasteiger partial charge in [-0.3, -0.25) is 9.78 Å². The van der Waals surface area contributed by atoms with Gasteiger partial charge in [0.25, 0.3) is 0 Å². The molecule has 4 heteroatoms. The molecule has 6 atom stereocenters. The number of rotatable bonds is 3. The summed E-state index contributed by atoms with van der Waals surface area (Å²) in [4.78, 5) is 17.0. The zero-order valence-corrected chi connectivity index (χ0v) is 17.3. The summed E-state index contributed by atoms with van der Waals surface area (Å²) in [6.07, 6.45) is 12.2. The number of cyclic esters (lactones) is 1. The molecule has 0 N–H and O–H groups in total. The zero-order valence-electron chi connectivity index (χ0n) is 17.3. The third-order valence-electron chi connectivity index (χ3n) is 7.51. The predicted octanol–water partition coefficient (Wildman–Crippen LogP) is 5.90. The topological polar surface area (TPSA) is 39.2 Å². The summed E-state index contributed by atoms with van der Waals surface area (Å²) in [5.41, 5.74) is 2.62. The van der Waals surface area contributed by atoms with E-state index in [0.29, 0.717) is 17.8 Å². The molecular formula is C26H28FNO2. The molecule has 5 unspecified atom stereocenters. The molecule has 1 aliphatic heterocycles. The molecule has 2 saturated carbocycles. The van der Waals surface area contributed by atoms with Crippen molar-refractivity contribution in [1.29, 1.82) is 0 Å². The van der Waals surface area contributed by atoms with Crippen LogP contribution in [0.1, 0.15) is 44.7 Å². The minimum atomic E-state index is -0.243. The Balaban J connectivity index is 1.39. The Labute approximate surface area is 177 Å². The molecule has 1 aromatic carbocycles. The summed E-state index contributed by atoms with van der Waals surface area (Å²) in [6, 6.07) is 10.5. The molecule has 2 heterocycles. The van der Waals surface area contributed by atoms with Crippen LogP contribution >= 0.6 is 0 Å². The SMILES string of the molecule is CC1OC(=O)C2CC3CCCC[C@H]3C(/C=C/c3ccc(-c4cccc(F)c4)cn3)C12. The standard InChI is InChI=1S/C26H28FNO2/c1-16-25-23(22-8-3-2-5-18(22)14-24(25)26(29)30-16)12-11-21-10-9-19(15-28-21)17-6-4-7-20(27)13-17/h4,6-7,9-13,15-16,18,22-25H,2-3,5,8,14H2,1H3/b12-11+/t16?,18?,22-,23?,24?,25?/m1/s1. The number of carbonyl (C=O) groups is 1. The number of hydrogen-bond donors (Lipinski definition) is 0. The van der Waals surface area contributed by atoms with Gasteiger partial charge >= 0.3 is 5.97 Å². The van der Waals surface area contributed by atoms with Crippen molar-refractivity contribution in [3.05, 3.63) is 60.2 Å². The molecular weight excluding hydrogens is 377 g/mol. The van der Waals surface area contributed by atoms with Crippen molar-refractivity contribution in [2.24, 2.45) is 29.6 Å². The Morgan fingerprint density at radius 1 is 1.13 bits per heavy atom. The highest BCUT2D eigenvalue weighted by molar-refractivity contribution is 5.75. The van der Waals surface area contributed by atoms with Crippen LogP contribution in [0.15, 0.2) is 48.7 Å². The van der Waals surface area contributed by atoms with E-state index < -0.39 is 0 Å². The van der Waals surface area contributed by atoms with Crippen molar-refractivity contribution >= 4 is 12.0 Å². The number of fused-ring (bicyclic) bond motifs is 2. The summed E-state index contributed by atoms with van der Waals surface area (Å²) in [5.74, 6) is 1.73. The fourth-order valence-electron chi connectivity index (χ4n) is 6.14. The first kappa shape index (κ1) is 19.5. The number of esters is 1. The molecule has 5 rings (SSSR count). The van der Waals surface area contributed by atoms with Crippen LogP contribution in [0.5, 0.6) is 0 Å². The van der Waals surface area contributed by atoms with Gasteiger partial charge in [-0.25, -0.2) is 4.39 Å². The lowest BCUT2D eigenvalue weighted by Crippen LogP contribution is -2.42. The van der Waals surface area contributed by atoms with Gasteiger partial charge in [-0.2, -0.15) is 0 Å². The van der Waals surface area contributed by atoms with Gasteiger partial charge in [0.15, 0.2) is 0 Å².